The van der Waals surface area contributed by atoms with Crippen molar-refractivity contribution in [3.8, 4) is 5.75 Å². The molecule has 2 aromatic carbocycles. The van der Waals surface area contributed by atoms with Crippen LogP contribution in [0.4, 0.5) is 10.5 Å². The Kier molecular flexibility index (Phi) is 5.72. The predicted octanol–water partition coefficient (Wildman–Crippen LogP) is 4.38. The first-order chi connectivity index (χ1) is 12.9. The monoisotopic (exact) mass is 449 g/mol. The maximum atomic E-state index is 13.1. The normalized spacial score (nSPS) is 16.4. The quantitative estimate of drug-likeness (QED) is 0.647. The molecule has 0 saturated heterocycles. The summed E-state index contributed by atoms with van der Waals surface area (Å²) >= 11 is 9.53. The number of hydrogen-bond donors (Lipinski definition) is 3. The van der Waals surface area contributed by atoms with Crippen molar-refractivity contribution in [3.63, 3.8) is 0 Å². The standard InChI is InChI=1S/C19H17BrClN3O3/c1-10-16(18(25)23-14-9-11(21)7-8-15(14)27-2)17(24-19(26)22-10)12-5-3-4-6-13(12)20/h3-9,17H,1-2H3,(H,23,25)(H2,22,24,26). The number of amides is 3. The number of urea groups is 1. The fourth-order valence-corrected chi connectivity index (χ4v) is 3.59. The Labute approximate surface area is 170 Å². The lowest BCUT2D eigenvalue weighted by Crippen LogP contribution is -2.46. The number of rotatable bonds is 4. The molecular formula is C19H17BrClN3O3. The van der Waals surface area contributed by atoms with Crippen LogP contribution in [0.15, 0.2) is 58.2 Å². The van der Waals surface area contributed by atoms with Crippen LogP contribution < -0.4 is 20.7 Å². The van der Waals surface area contributed by atoms with E-state index >= 15 is 0 Å². The molecule has 8 heteroatoms. The highest BCUT2D eigenvalue weighted by molar-refractivity contribution is 9.10. The van der Waals surface area contributed by atoms with E-state index in [0.717, 1.165) is 10.0 Å². The first-order valence-electron chi connectivity index (χ1n) is 8.08. The van der Waals surface area contributed by atoms with E-state index in [1.165, 1.54) is 7.11 Å². The van der Waals surface area contributed by atoms with E-state index in [1.54, 1.807) is 25.1 Å². The molecule has 1 heterocycles. The summed E-state index contributed by atoms with van der Waals surface area (Å²) in [6, 6.07) is 11.4. The van der Waals surface area contributed by atoms with E-state index in [4.69, 9.17) is 16.3 Å². The second-order valence-electron chi connectivity index (χ2n) is 5.89. The summed E-state index contributed by atoms with van der Waals surface area (Å²) in [5.74, 6) is 0.109. The predicted molar refractivity (Wildman–Crippen MR) is 108 cm³/mol. The molecule has 3 amide bonds. The molecule has 3 N–H and O–H groups in total. The van der Waals surface area contributed by atoms with Crippen molar-refractivity contribution in [1.82, 2.24) is 10.6 Å². The second kappa shape index (κ2) is 8.02. The Balaban J connectivity index is 2.00. The van der Waals surface area contributed by atoms with Gasteiger partial charge in [-0.1, -0.05) is 45.7 Å². The lowest BCUT2D eigenvalue weighted by atomic mass is 9.95. The third-order valence-electron chi connectivity index (χ3n) is 4.14. The van der Waals surface area contributed by atoms with Crippen molar-refractivity contribution < 1.29 is 14.3 Å². The maximum Gasteiger partial charge on any atom is 0.319 e. The highest BCUT2D eigenvalue weighted by atomic mass is 79.9. The van der Waals surface area contributed by atoms with Gasteiger partial charge in [-0.05, 0) is 36.8 Å². The molecular weight excluding hydrogens is 434 g/mol. The van der Waals surface area contributed by atoms with Crippen LogP contribution in [0.5, 0.6) is 5.75 Å². The minimum Gasteiger partial charge on any atom is -0.495 e. The number of hydrogen-bond acceptors (Lipinski definition) is 3. The van der Waals surface area contributed by atoms with Crippen molar-refractivity contribution in [2.75, 3.05) is 12.4 Å². The summed E-state index contributed by atoms with van der Waals surface area (Å²) in [4.78, 5) is 25.1. The van der Waals surface area contributed by atoms with Gasteiger partial charge in [0.1, 0.15) is 5.75 Å². The zero-order chi connectivity index (χ0) is 19.6. The first kappa shape index (κ1) is 19.3. The summed E-state index contributed by atoms with van der Waals surface area (Å²) in [6.07, 6.45) is 0. The summed E-state index contributed by atoms with van der Waals surface area (Å²) in [7, 11) is 1.51. The molecule has 6 nitrogen and oxygen atoms in total. The van der Waals surface area contributed by atoms with Crippen LogP contribution in [0.3, 0.4) is 0 Å². The summed E-state index contributed by atoms with van der Waals surface area (Å²) in [6.45, 7) is 1.69. The van der Waals surface area contributed by atoms with Crippen molar-refractivity contribution >= 4 is 45.2 Å². The van der Waals surface area contributed by atoms with Gasteiger partial charge in [-0.2, -0.15) is 0 Å². The van der Waals surface area contributed by atoms with Crippen LogP contribution in [-0.2, 0) is 4.79 Å². The number of methoxy groups -OCH3 is 1. The van der Waals surface area contributed by atoms with E-state index < -0.39 is 6.04 Å². The molecule has 1 aliphatic rings. The van der Waals surface area contributed by atoms with Gasteiger partial charge >= 0.3 is 6.03 Å². The molecule has 0 radical (unpaired) electrons. The Morgan fingerprint density at radius 3 is 2.70 bits per heavy atom. The minimum absolute atomic E-state index is 0.370. The number of carbonyl (C=O) groups excluding carboxylic acids is 2. The third-order valence-corrected chi connectivity index (χ3v) is 5.10. The fourth-order valence-electron chi connectivity index (χ4n) is 2.90. The number of ether oxygens (including phenoxy) is 1. The Morgan fingerprint density at radius 1 is 1.26 bits per heavy atom. The Bertz CT molecular complexity index is 946. The second-order valence-corrected chi connectivity index (χ2v) is 7.18. The molecule has 140 valence electrons. The van der Waals surface area contributed by atoms with Crippen molar-refractivity contribution in [2.24, 2.45) is 0 Å². The van der Waals surface area contributed by atoms with Crippen LogP contribution in [0.1, 0.15) is 18.5 Å². The van der Waals surface area contributed by atoms with Gasteiger partial charge in [0.05, 0.1) is 24.4 Å². The average molecular weight is 451 g/mol. The van der Waals surface area contributed by atoms with Crippen LogP contribution in [0.25, 0.3) is 0 Å². The van der Waals surface area contributed by atoms with Gasteiger partial charge in [-0.3, -0.25) is 4.79 Å². The van der Waals surface area contributed by atoms with E-state index in [9.17, 15) is 9.59 Å². The molecule has 27 heavy (non-hydrogen) atoms. The lowest BCUT2D eigenvalue weighted by Gasteiger charge is -2.29. The van der Waals surface area contributed by atoms with Gasteiger partial charge in [0.2, 0.25) is 0 Å². The third kappa shape index (κ3) is 4.09. The largest absolute Gasteiger partial charge is 0.495 e. The molecule has 0 aromatic heterocycles. The molecule has 0 fully saturated rings. The molecule has 0 bridgehead atoms. The number of nitrogens with one attached hydrogen (secondary N) is 3. The van der Waals surface area contributed by atoms with Crippen LogP contribution >= 0.6 is 27.5 Å². The number of allylic oxidation sites excluding steroid dienone is 1. The molecule has 1 atom stereocenters. The number of benzene rings is 2. The average Bonchev–Trinajstić information content (AvgIpc) is 2.61. The van der Waals surface area contributed by atoms with E-state index in [0.29, 0.717) is 27.7 Å². The number of carbonyl (C=O) groups is 2. The van der Waals surface area contributed by atoms with E-state index in [2.05, 4.69) is 31.9 Å². The van der Waals surface area contributed by atoms with Gasteiger partial charge in [-0.15, -0.1) is 0 Å². The molecule has 0 aliphatic carbocycles. The van der Waals surface area contributed by atoms with Crippen molar-refractivity contribution in [3.05, 3.63) is 68.8 Å². The SMILES string of the molecule is COc1ccc(Cl)cc1NC(=O)C1=C(C)NC(=O)NC1c1ccccc1Br. The first-order valence-corrected chi connectivity index (χ1v) is 9.25. The highest BCUT2D eigenvalue weighted by Crippen LogP contribution is 2.34. The van der Waals surface area contributed by atoms with Gasteiger partial charge in [0.15, 0.2) is 0 Å². The minimum atomic E-state index is -0.612. The topological polar surface area (TPSA) is 79.5 Å². The molecule has 1 unspecified atom stereocenters. The molecule has 0 saturated carbocycles. The van der Waals surface area contributed by atoms with Crippen molar-refractivity contribution in [2.45, 2.75) is 13.0 Å². The number of anilines is 1. The van der Waals surface area contributed by atoms with Gasteiger partial charge < -0.3 is 20.7 Å². The van der Waals surface area contributed by atoms with Crippen LogP contribution in [-0.4, -0.2) is 19.0 Å². The summed E-state index contributed by atoms with van der Waals surface area (Å²) < 4.78 is 6.07. The Morgan fingerprint density at radius 2 is 2.00 bits per heavy atom. The van der Waals surface area contributed by atoms with Crippen molar-refractivity contribution in [1.29, 1.82) is 0 Å². The smallest absolute Gasteiger partial charge is 0.319 e. The molecule has 0 spiro atoms. The highest BCUT2D eigenvalue weighted by Gasteiger charge is 2.32. The van der Waals surface area contributed by atoms with Gasteiger partial charge in [0, 0.05) is 15.2 Å². The zero-order valence-electron chi connectivity index (χ0n) is 14.6. The fraction of sp³-hybridized carbons (Fsp3) is 0.158. The van der Waals surface area contributed by atoms with Gasteiger partial charge in [0.25, 0.3) is 5.91 Å². The van der Waals surface area contributed by atoms with Crippen LogP contribution in [0.2, 0.25) is 5.02 Å². The number of halogens is 2. The van der Waals surface area contributed by atoms with E-state index in [1.807, 2.05) is 24.3 Å². The molecule has 3 rings (SSSR count). The molecule has 2 aromatic rings. The van der Waals surface area contributed by atoms with Gasteiger partial charge in [-0.25, -0.2) is 4.79 Å². The Hall–Kier alpha value is -2.51. The summed E-state index contributed by atoms with van der Waals surface area (Å²) in [5.41, 5.74) is 2.08. The summed E-state index contributed by atoms with van der Waals surface area (Å²) in [5, 5.41) is 8.75. The lowest BCUT2D eigenvalue weighted by molar-refractivity contribution is -0.113. The van der Waals surface area contributed by atoms with Crippen LogP contribution in [0, 0.1) is 0 Å². The van der Waals surface area contributed by atoms with E-state index in [-0.39, 0.29) is 11.9 Å². The maximum absolute atomic E-state index is 13.1. The zero-order valence-corrected chi connectivity index (χ0v) is 16.9. The molecule has 1 aliphatic heterocycles.